The van der Waals surface area contributed by atoms with E-state index < -0.39 is 19.2 Å². The molecule has 0 aliphatic rings. The van der Waals surface area contributed by atoms with Gasteiger partial charge in [0.05, 0.1) is 0 Å². The fraction of sp³-hybridized carbons (Fsp3) is 0.647. The summed E-state index contributed by atoms with van der Waals surface area (Å²) >= 11 is -3.53. The van der Waals surface area contributed by atoms with Gasteiger partial charge < -0.3 is 0 Å². The number of benzene rings is 2. The second kappa shape index (κ2) is 18.2. The molecule has 2 aromatic carbocycles. The van der Waals surface area contributed by atoms with Gasteiger partial charge in [0.25, 0.3) is 0 Å². The van der Waals surface area contributed by atoms with Gasteiger partial charge in [-0.25, -0.2) is 0 Å². The fourth-order valence-corrected chi connectivity index (χ4v) is 15.5. The van der Waals surface area contributed by atoms with Crippen molar-refractivity contribution in [1.82, 2.24) is 0 Å². The fourth-order valence-electron chi connectivity index (χ4n) is 5.41. The Morgan fingerprint density at radius 3 is 1.27 bits per heavy atom. The van der Waals surface area contributed by atoms with E-state index in [0.29, 0.717) is 0 Å². The molecule has 0 saturated carbocycles. The van der Waals surface area contributed by atoms with E-state index in [9.17, 15) is 0 Å². The van der Waals surface area contributed by atoms with E-state index in [1.54, 1.807) is 0 Å². The van der Waals surface area contributed by atoms with Crippen molar-refractivity contribution in [1.29, 1.82) is 0 Å². The molecule has 0 unspecified atom stereocenters. The van der Waals surface area contributed by atoms with Crippen LogP contribution in [0.3, 0.4) is 0 Å². The van der Waals surface area contributed by atoms with Gasteiger partial charge in [-0.15, -0.1) is 0 Å². The Hall–Kier alpha value is -1.16. The van der Waals surface area contributed by atoms with Crippen molar-refractivity contribution in [2.75, 3.05) is 0 Å². The standard InChI is InChI=1S/2C9H12O.2C8H17.Sn/c2*1-3-8-5-4-6-9(10)7(8)2;2*1-3-5-7-8-6-4-2;/h2*4-6,10H,3H2,1-2H3;2*1,3-8H2,2H3;/q;;;;+2/p-2. The van der Waals surface area contributed by atoms with Gasteiger partial charge in [-0.05, 0) is 0 Å². The molecular formula is C34H56O2Sn. The third-order valence-corrected chi connectivity index (χ3v) is 17.7. The average Bonchev–Trinajstić information content (AvgIpc) is 2.90. The van der Waals surface area contributed by atoms with Crippen molar-refractivity contribution in [2.24, 2.45) is 0 Å². The van der Waals surface area contributed by atoms with Crippen LogP contribution in [0, 0.1) is 13.8 Å². The monoisotopic (exact) mass is 616 g/mol. The number of aryl methyl sites for hydroxylation is 2. The summed E-state index contributed by atoms with van der Waals surface area (Å²) in [6.45, 7) is 13.6. The summed E-state index contributed by atoms with van der Waals surface area (Å²) in [6.07, 6.45) is 17.8. The minimum absolute atomic E-state index is 1.04. The summed E-state index contributed by atoms with van der Waals surface area (Å²) in [7, 11) is 0. The molecule has 0 saturated heterocycles. The molecule has 2 nitrogen and oxygen atoms in total. The molecule has 0 heterocycles. The Kier molecular flexibility index (Phi) is 15.8. The first-order valence-electron chi connectivity index (χ1n) is 15.5. The molecule has 0 spiro atoms. The number of hydrogen-bond donors (Lipinski definition) is 0. The molecule has 0 aromatic heterocycles. The van der Waals surface area contributed by atoms with Crippen LogP contribution in [0.2, 0.25) is 8.87 Å². The van der Waals surface area contributed by atoms with Gasteiger partial charge >= 0.3 is 236 Å². The second-order valence-corrected chi connectivity index (χ2v) is 20.2. The Bertz CT molecular complexity index is 818. The van der Waals surface area contributed by atoms with Crippen molar-refractivity contribution in [3.05, 3.63) is 58.7 Å². The van der Waals surface area contributed by atoms with E-state index in [0.717, 1.165) is 33.2 Å². The first kappa shape index (κ1) is 32.1. The van der Waals surface area contributed by atoms with E-state index in [-0.39, 0.29) is 0 Å². The van der Waals surface area contributed by atoms with Crippen LogP contribution in [-0.2, 0) is 12.8 Å². The van der Waals surface area contributed by atoms with Gasteiger partial charge in [-0.1, -0.05) is 0 Å². The van der Waals surface area contributed by atoms with Gasteiger partial charge in [0.15, 0.2) is 0 Å². The Balaban J connectivity index is 2.35. The Morgan fingerprint density at radius 2 is 0.892 bits per heavy atom. The number of hydrogen-bond acceptors (Lipinski definition) is 2. The molecular weight excluding hydrogens is 559 g/mol. The Labute approximate surface area is 234 Å². The zero-order chi connectivity index (χ0) is 26.9. The molecule has 0 amide bonds. The quantitative estimate of drug-likeness (QED) is 0.109. The van der Waals surface area contributed by atoms with E-state index in [1.807, 2.05) is 0 Å². The van der Waals surface area contributed by atoms with Crippen molar-refractivity contribution >= 4 is 19.2 Å². The van der Waals surface area contributed by atoms with E-state index >= 15 is 0 Å². The van der Waals surface area contributed by atoms with Crippen LogP contribution in [-0.4, -0.2) is 19.2 Å². The molecule has 208 valence electrons. The van der Waals surface area contributed by atoms with E-state index in [1.165, 1.54) is 99.3 Å². The van der Waals surface area contributed by atoms with Crippen molar-refractivity contribution in [3.63, 3.8) is 0 Å². The van der Waals surface area contributed by atoms with Crippen LogP contribution in [0.1, 0.15) is 127 Å². The third kappa shape index (κ3) is 10.9. The molecule has 0 atom stereocenters. The van der Waals surface area contributed by atoms with Crippen LogP contribution >= 0.6 is 0 Å². The zero-order valence-electron chi connectivity index (χ0n) is 25.1. The summed E-state index contributed by atoms with van der Waals surface area (Å²) in [5, 5.41) is 0. The molecule has 0 N–H and O–H groups in total. The molecule has 3 heteroatoms. The minimum atomic E-state index is -3.53. The van der Waals surface area contributed by atoms with Crippen LogP contribution in [0.5, 0.6) is 11.5 Å². The zero-order valence-corrected chi connectivity index (χ0v) is 27.9. The molecule has 0 bridgehead atoms. The maximum atomic E-state index is 7.25. The molecule has 2 aromatic rings. The van der Waals surface area contributed by atoms with Gasteiger partial charge in [0.2, 0.25) is 0 Å². The molecule has 0 aliphatic heterocycles. The summed E-state index contributed by atoms with van der Waals surface area (Å²) in [5.74, 6) is 2.16. The second-order valence-electron chi connectivity index (χ2n) is 10.9. The molecule has 2 rings (SSSR count). The number of unbranched alkanes of at least 4 members (excludes halogenated alkanes) is 10. The maximum absolute atomic E-state index is 7.25. The summed E-state index contributed by atoms with van der Waals surface area (Å²) in [4.78, 5) is 0. The van der Waals surface area contributed by atoms with Crippen LogP contribution in [0.25, 0.3) is 0 Å². The molecule has 37 heavy (non-hydrogen) atoms. The summed E-state index contributed by atoms with van der Waals surface area (Å²) in [6, 6.07) is 13.2. The predicted octanol–water partition coefficient (Wildman–Crippen LogP) is 11.0. The van der Waals surface area contributed by atoms with Crippen LogP contribution in [0.15, 0.2) is 36.4 Å². The summed E-state index contributed by atoms with van der Waals surface area (Å²) in [5.41, 5.74) is 5.39. The summed E-state index contributed by atoms with van der Waals surface area (Å²) < 4.78 is 16.8. The predicted molar refractivity (Wildman–Crippen MR) is 164 cm³/mol. The van der Waals surface area contributed by atoms with Crippen LogP contribution < -0.4 is 6.15 Å². The SMILES string of the molecule is CCCCCCC[CH2][Sn]([CH2]CCCCCCC)([O]c1cccc(CC)c1C)[O]c1cccc(CC)c1C. The van der Waals surface area contributed by atoms with Gasteiger partial charge in [0.1, 0.15) is 0 Å². The van der Waals surface area contributed by atoms with Gasteiger partial charge in [-0.2, -0.15) is 0 Å². The van der Waals surface area contributed by atoms with E-state index in [2.05, 4.69) is 77.9 Å². The van der Waals surface area contributed by atoms with E-state index in [4.69, 9.17) is 6.15 Å². The third-order valence-electron chi connectivity index (χ3n) is 7.97. The number of rotatable bonds is 20. The molecule has 0 fully saturated rings. The molecule has 0 radical (unpaired) electrons. The first-order chi connectivity index (χ1) is 18.0. The first-order valence-corrected chi connectivity index (χ1v) is 21.9. The van der Waals surface area contributed by atoms with Crippen LogP contribution in [0.4, 0.5) is 0 Å². The van der Waals surface area contributed by atoms with Gasteiger partial charge in [-0.3, -0.25) is 0 Å². The normalized spacial score (nSPS) is 11.6. The van der Waals surface area contributed by atoms with Crippen molar-refractivity contribution in [2.45, 2.75) is 140 Å². The average molecular weight is 616 g/mol. The van der Waals surface area contributed by atoms with Gasteiger partial charge in [0, 0.05) is 0 Å². The topological polar surface area (TPSA) is 18.5 Å². The van der Waals surface area contributed by atoms with Crippen molar-refractivity contribution < 1.29 is 6.15 Å². The Morgan fingerprint density at radius 1 is 0.514 bits per heavy atom. The molecule has 0 aliphatic carbocycles. The van der Waals surface area contributed by atoms with Crippen molar-refractivity contribution in [3.8, 4) is 11.5 Å².